The molecule has 0 fully saturated rings. The second-order valence-electron chi connectivity index (χ2n) is 4.60. The van der Waals surface area contributed by atoms with Crippen LogP contribution in [0.15, 0.2) is 48.9 Å². The van der Waals surface area contributed by atoms with Gasteiger partial charge in [0.25, 0.3) is 0 Å². The molecule has 102 valence electrons. The Morgan fingerprint density at radius 1 is 1.39 bits per heavy atom. The number of rotatable bonds is 7. The SMILES string of the molecule is C=C(C)N(C)[N+](C)(C(=C)/C=C\C=C/CC)C(C)O. The highest BCUT2D eigenvalue weighted by atomic mass is 16.3. The van der Waals surface area contributed by atoms with Gasteiger partial charge in [-0.25, -0.2) is 5.01 Å². The van der Waals surface area contributed by atoms with E-state index in [1.54, 1.807) is 6.92 Å². The average Bonchev–Trinajstić information content (AvgIpc) is 2.31. The summed E-state index contributed by atoms with van der Waals surface area (Å²) in [4.78, 5) is 0. The van der Waals surface area contributed by atoms with E-state index in [-0.39, 0.29) is 4.59 Å². The van der Waals surface area contributed by atoms with E-state index in [2.05, 4.69) is 26.2 Å². The van der Waals surface area contributed by atoms with Gasteiger partial charge in [-0.05, 0) is 19.9 Å². The molecule has 0 amide bonds. The van der Waals surface area contributed by atoms with E-state index in [9.17, 15) is 5.11 Å². The van der Waals surface area contributed by atoms with Crippen LogP contribution in [0, 0.1) is 0 Å². The molecular formula is C15H27N2O+. The van der Waals surface area contributed by atoms with Crippen molar-refractivity contribution < 1.29 is 9.70 Å². The molecule has 3 heteroatoms. The Hall–Kier alpha value is -1.32. The normalized spacial score (nSPS) is 16.8. The third-order valence-corrected chi connectivity index (χ3v) is 3.26. The van der Waals surface area contributed by atoms with Crippen molar-refractivity contribution in [3.8, 4) is 0 Å². The molecule has 0 spiro atoms. The standard InChI is InChI=1S/C15H27N2O/c1-8-9-10-11-12-14(4)17(7,15(5)18)16(6)13(2)3/h9-12,15,18H,2,4,8H2,1,3,5-7H3/q+1/b10-9-,12-11-. The predicted octanol–water partition coefficient (Wildman–Crippen LogP) is 3.19. The summed E-state index contributed by atoms with van der Waals surface area (Å²) >= 11 is 0. The molecule has 2 atom stereocenters. The summed E-state index contributed by atoms with van der Waals surface area (Å²) in [7, 11) is 3.81. The highest BCUT2D eigenvalue weighted by molar-refractivity contribution is 5.14. The topological polar surface area (TPSA) is 23.5 Å². The Balaban J connectivity index is 5.12. The third-order valence-electron chi connectivity index (χ3n) is 3.26. The summed E-state index contributed by atoms with van der Waals surface area (Å²) in [5.41, 5.74) is 1.67. The van der Waals surface area contributed by atoms with Crippen LogP contribution in [0.4, 0.5) is 0 Å². The molecule has 0 aliphatic rings. The molecule has 0 aromatic carbocycles. The maximum atomic E-state index is 10.0. The second kappa shape index (κ2) is 7.19. The van der Waals surface area contributed by atoms with Gasteiger partial charge < -0.3 is 5.11 Å². The Kier molecular flexibility index (Phi) is 6.66. The average molecular weight is 251 g/mol. The lowest BCUT2D eigenvalue weighted by Gasteiger charge is -2.43. The van der Waals surface area contributed by atoms with E-state index in [1.165, 1.54) is 0 Å². The zero-order chi connectivity index (χ0) is 14.3. The van der Waals surface area contributed by atoms with Crippen molar-refractivity contribution in [1.82, 2.24) is 5.01 Å². The van der Waals surface area contributed by atoms with Gasteiger partial charge in [0.05, 0.1) is 19.8 Å². The molecule has 2 unspecified atom stereocenters. The van der Waals surface area contributed by atoms with Crippen LogP contribution in [0.25, 0.3) is 0 Å². The van der Waals surface area contributed by atoms with Gasteiger partial charge >= 0.3 is 0 Å². The fourth-order valence-electron chi connectivity index (χ4n) is 1.57. The lowest BCUT2D eigenvalue weighted by Crippen LogP contribution is -2.58. The number of quaternary nitrogens is 1. The number of nitrogens with zero attached hydrogens (tertiary/aromatic N) is 2. The molecule has 18 heavy (non-hydrogen) atoms. The van der Waals surface area contributed by atoms with Crippen molar-refractivity contribution in [3.63, 3.8) is 0 Å². The first-order chi connectivity index (χ1) is 8.28. The fraction of sp³-hybridized carbons (Fsp3) is 0.467. The molecule has 3 nitrogen and oxygen atoms in total. The molecule has 0 saturated carbocycles. The molecule has 0 rings (SSSR count). The maximum absolute atomic E-state index is 10.0. The first-order valence-corrected chi connectivity index (χ1v) is 6.25. The van der Waals surface area contributed by atoms with Crippen molar-refractivity contribution in [3.05, 3.63) is 48.9 Å². The number of likely N-dealkylation sites (N-methyl/N-ethyl adjacent to an activating group) is 1. The largest absolute Gasteiger partial charge is 0.343 e. The summed E-state index contributed by atoms with van der Waals surface area (Å²) in [6.45, 7) is 13.7. The Morgan fingerprint density at radius 3 is 2.33 bits per heavy atom. The number of aliphatic hydroxyl groups excluding tert-OH is 1. The smallest absolute Gasteiger partial charge is 0.214 e. The van der Waals surface area contributed by atoms with Crippen LogP contribution < -0.4 is 0 Å². The molecule has 0 aliphatic carbocycles. The van der Waals surface area contributed by atoms with Gasteiger partial charge in [-0.3, -0.25) is 0 Å². The molecular weight excluding hydrogens is 224 g/mol. The van der Waals surface area contributed by atoms with Gasteiger partial charge in [0.2, 0.25) is 6.23 Å². The van der Waals surface area contributed by atoms with Gasteiger partial charge in [0.15, 0.2) is 5.70 Å². The van der Waals surface area contributed by atoms with Crippen molar-refractivity contribution >= 4 is 0 Å². The molecule has 0 radical (unpaired) electrons. The lowest BCUT2D eigenvalue weighted by molar-refractivity contribution is -1.01. The van der Waals surface area contributed by atoms with Crippen molar-refractivity contribution in [1.29, 1.82) is 0 Å². The molecule has 0 saturated heterocycles. The first kappa shape index (κ1) is 16.7. The highest BCUT2D eigenvalue weighted by Crippen LogP contribution is 2.24. The zero-order valence-electron chi connectivity index (χ0n) is 12.3. The summed E-state index contributed by atoms with van der Waals surface area (Å²) in [6, 6.07) is 0. The Bertz CT molecular complexity index is 356. The van der Waals surface area contributed by atoms with Crippen LogP contribution in [-0.2, 0) is 0 Å². The van der Waals surface area contributed by atoms with Crippen molar-refractivity contribution in [2.24, 2.45) is 0 Å². The molecule has 0 bridgehead atoms. The maximum Gasteiger partial charge on any atom is 0.214 e. The van der Waals surface area contributed by atoms with Gasteiger partial charge in [0.1, 0.15) is 0 Å². The molecule has 1 N–H and O–H groups in total. The predicted molar refractivity (Wildman–Crippen MR) is 78.2 cm³/mol. The van der Waals surface area contributed by atoms with Gasteiger partial charge in [0, 0.05) is 13.0 Å². The molecule has 0 aliphatic heterocycles. The minimum Gasteiger partial charge on any atom is -0.343 e. The van der Waals surface area contributed by atoms with E-state index >= 15 is 0 Å². The van der Waals surface area contributed by atoms with Gasteiger partial charge in [-0.1, -0.05) is 31.7 Å². The fourth-order valence-corrected chi connectivity index (χ4v) is 1.57. The summed E-state index contributed by atoms with van der Waals surface area (Å²) < 4.78 is 0.200. The van der Waals surface area contributed by atoms with Crippen LogP contribution in [0.5, 0.6) is 0 Å². The van der Waals surface area contributed by atoms with E-state index in [0.717, 1.165) is 17.8 Å². The summed E-state index contributed by atoms with van der Waals surface area (Å²) in [5, 5.41) is 11.9. The second-order valence-corrected chi connectivity index (χ2v) is 4.60. The Labute approximate surface area is 112 Å². The summed E-state index contributed by atoms with van der Waals surface area (Å²) in [6.07, 6.45) is 8.32. The first-order valence-electron chi connectivity index (χ1n) is 6.25. The van der Waals surface area contributed by atoms with Crippen LogP contribution >= 0.6 is 0 Å². The number of aliphatic hydroxyl groups is 1. The number of hydrogen-bond donors (Lipinski definition) is 1. The van der Waals surface area contributed by atoms with E-state index in [1.807, 2.05) is 44.3 Å². The minimum absolute atomic E-state index is 0.200. The van der Waals surface area contributed by atoms with Crippen LogP contribution in [0.1, 0.15) is 27.2 Å². The zero-order valence-corrected chi connectivity index (χ0v) is 12.3. The van der Waals surface area contributed by atoms with Crippen molar-refractivity contribution in [2.45, 2.75) is 33.4 Å². The third kappa shape index (κ3) is 3.86. The Morgan fingerprint density at radius 2 is 1.94 bits per heavy atom. The van der Waals surface area contributed by atoms with Gasteiger partial charge in [-0.15, -0.1) is 0 Å². The van der Waals surface area contributed by atoms with Gasteiger partial charge in [-0.2, -0.15) is 4.59 Å². The van der Waals surface area contributed by atoms with Crippen LogP contribution in [0.2, 0.25) is 0 Å². The van der Waals surface area contributed by atoms with E-state index in [0.29, 0.717) is 0 Å². The summed E-state index contributed by atoms with van der Waals surface area (Å²) in [5.74, 6) is 0. The highest BCUT2D eigenvalue weighted by Gasteiger charge is 2.35. The van der Waals surface area contributed by atoms with Crippen molar-refractivity contribution in [2.75, 3.05) is 14.1 Å². The molecule has 0 heterocycles. The van der Waals surface area contributed by atoms with E-state index < -0.39 is 6.23 Å². The van der Waals surface area contributed by atoms with Crippen LogP contribution in [-0.4, -0.2) is 35.0 Å². The molecule has 0 aromatic rings. The monoisotopic (exact) mass is 251 g/mol. The molecule has 0 aromatic heterocycles. The minimum atomic E-state index is -0.598. The number of allylic oxidation sites excluding steroid dienone is 5. The lowest BCUT2D eigenvalue weighted by atomic mass is 10.3. The quantitative estimate of drug-likeness (QED) is 0.325. The number of hydrogen-bond acceptors (Lipinski definition) is 2. The van der Waals surface area contributed by atoms with Crippen LogP contribution in [0.3, 0.4) is 0 Å². The van der Waals surface area contributed by atoms with E-state index in [4.69, 9.17) is 0 Å².